The van der Waals surface area contributed by atoms with E-state index >= 15 is 0 Å². The van der Waals surface area contributed by atoms with Gasteiger partial charge in [-0.2, -0.15) is 0 Å². The number of carbonyl (C=O) groups is 1. The Kier molecular flexibility index (Phi) is 4.01. The van der Waals surface area contributed by atoms with Gasteiger partial charge < -0.3 is 9.47 Å². The highest BCUT2D eigenvalue weighted by molar-refractivity contribution is 6.20. The Hall–Kier alpha value is -1.48. The van der Waals surface area contributed by atoms with Crippen LogP contribution in [-0.2, 0) is 9.47 Å². The highest BCUT2D eigenvalue weighted by Gasteiger charge is 2.13. The van der Waals surface area contributed by atoms with E-state index in [2.05, 4.69) is 11.3 Å². The van der Waals surface area contributed by atoms with Crippen molar-refractivity contribution in [2.24, 2.45) is 0 Å². The number of hydrogen-bond donors (Lipinski definition) is 0. The van der Waals surface area contributed by atoms with Gasteiger partial charge in [0.05, 0.1) is 6.26 Å². The largest absolute Gasteiger partial charge is 0.515 e. The van der Waals surface area contributed by atoms with Crippen LogP contribution >= 0.6 is 11.6 Å². The Morgan fingerprint density at radius 1 is 1.43 bits per heavy atom. The van der Waals surface area contributed by atoms with Gasteiger partial charge >= 0.3 is 6.16 Å². The maximum Gasteiger partial charge on any atom is 0.515 e. The molecule has 74 valence electrons. The van der Waals surface area contributed by atoms with Gasteiger partial charge in [0, 0.05) is 5.56 Å². The third kappa shape index (κ3) is 3.11. The number of benzene rings is 1. The minimum Gasteiger partial charge on any atom is -0.410 e. The summed E-state index contributed by atoms with van der Waals surface area (Å²) in [4.78, 5) is 10.8. The molecule has 0 saturated carbocycles. The lowest BCUT2D eigenvalue weighted by molar-refractivity contribution is 0.0735. The van der Waals surface area contributed by atoms with E-state index in [0.717, 1.165) is 6.26 Å². The monoisotopic (exact) mass is 212 g/mol. The van der Waals surface area contributed by atoms with Crippen LogP contribution in [0.15, 0.2) is 43.2 Å². The molecular weight excluding hydrogens is 204 g/mol. The van der Waals surface area contributed by atoms with Crippen molar-refractivity contribution in [2.75, 3.05) is 0 Å². The van der Waals surface area contributed by atoms with Crippen LogP contribution in [0.25, 0.3) is 0 Å². The first-order valence-corrected chi connectivity index (χ1v) is 4.35. The summed E-state index contributed by atoms with van der Waals surface area (Å²) < 4.78 is 9.06. The van der Waals surface area contributed by atoms with E-state index < -0.39 is 11.7 Å². The highest BCUT2D eigenvalue weighted by Crippen LogP contribution is 2.21. The molecule has 0 aliphatic carbocycles. The van der Waals surface area contributed by atoms with Gasteiger partial charge in [-0.25, -0.2) is 4.79 Å². The second-order valence-electron chi connectivity index (χ2n) is 2.38. The zero-order valence-corrected chi connectivity index (χ0v) is 8.11. The molecule has 0 bridgehead atoms. The van der Waals surface area contributed by atoms with Crippen molar-refractivity contribution < 1.29 is 14.3 Å². The molecule has 1 aromatic carbocycles. The van der Waals surface area contributed by atoms with Gasteiger partial charge in [0.25, 0.3) is 0 Å². The fraction of sp³-hybridized carbons (Fsp3) is 0.100. The molecular formula is C10H9ClO3. The second-order valence-corrected chi connectivity index (χ2v) is 2.78. The summed E-state index contributed by atoms with van der Waals surface area (Å²) in [6, 6.07) is 8.94. The second kappa shape index (κ2) is 5.29. The van der Waals surface area contributed by atoms with E-state index in [-0.39, 0.29) is 0 Å². The van der Waals surface area contributed by atoms with Crippen molar-refractivity contribution in [3.05, 3.63) is 48.7 Å². The van der Waals surface area contributed by atoms with Gasteiger partial charge in [0.1, 0.15) is 0 Å². The van der Waals surface area contributed by atoms with Gasteiger partial charge in [-0.3, -0.25) is 0 Å². The maximum absolute atomic E-state index is 10.8. The SMILES string of the molecule is C=COC(=O)OC(Cl)c1ccccc1. The molecule has 1 atom stereocenters. The van der Waals surface area contributed by atoms with Gasteiger partial charge in [-0.05, 0) is 0 Å². The average molecular weight is 213 g/mol. The molecule has 4 heteroatoms. The van der Waals surface area contributed by atoms with Crippen molar-refractivity contribution in [2.45, 2.75) is 5.56 Å². The van der Waals surface area contributed by atoms with Crippen LogP contribution in [-0.4, -0.2) is 6.16 Å². The third-order valence-corrected chi connectivity index (χ3v) is 1.78. The number of hydrogen-bond acceptors (Lipinski definition) is 3. The summed E-state index contributed by atoms with van der Waals surface area (Å²) in [6.07, 6.45) is 0.112. The molecule has 0 fully saturated rings. The number of ether oxygens (including phenoxy) is 2. The van der Waals surface area contributed by atoms with Crippen LogP contribution in [0.4, 0.5) is 4.79 Å². The number of alkyl halides is 1. The Labute approximate surface area is 86.9 Å². The smallest absolute Gasteiger partial charge is 0.410 e. The van der Waals surface area contributed by atoms with E-state index in [0.29, 0.717) is 5.56 Å². The van der Waals surface area contributed by atoms with E-state index in [1.807, 2.05) is 6.07 Å². The fourth-order valence-corrected chi connectivity index (χ4v) is 1.07. The zero-order chi connectivity index (χ0) is 10.4. The van der Waals surface area contributed by atoms with E-state index in [1.165, 1.54) is 0 Å². The molecule has 0 N–H and O–H groups in total. The van der Waals surface area contributed by atoms with Crippen molar-refractivity contribution in [3.8, 4) is 0 Å². The lowest BCUT2D eigenvalue weighted by Gasteiger charge is -2.09. The molecule has 0 spiro atoms. The molecule has 1 unspecified atom stereocenters. The predicted octanol–water partition coefficient (Wildman–Crippen LogP) is 3.22. The maximum atomic E-state index is 10.8. The lowest BCUT2D eigenvalue weighted by atomic mass is 10.2. The first kappa shape index (κ1) is 10.6. The number of halogens is 1. The molecule has 0 aromatic heterocycles. The summed E-state index contributed by atoms with van der Waals surface area (Å²) in [7, 11) is 0. The fourth-order valence-electron chi connectivity index (χ4n) is 0.853. The average Bonchev–Trinajstić information content (AvgIpc) is 2.19. The molecule has 0 heterocycles. The van der Waals surface area contributed by atoms with Crippen LogP contribution < -0.4 is 0 Å². The summed E-state index contributed by atoms with van der Waals surface area (Å²) in [5.74, 6) is 0. The van der Waals surface area contributed by atoms with Gasteiger partial charge in [-0.1, -0.05) is 48.5 Å². The van der Waals surface area contributed by atoms with Crippen LogP contribution in [0.3, 0.4) is 0 Å². The molecule has 0 amide bonds. The molecule has 0 aliphatic rings. The normalized spacial score (nSPS) is 11.5. The molecule has 3 nitrogen and oxygen atoms in total. The Morgan fingerprint density at radius 2 is 2.07 bits per heavy atom. The zero-order valence-electron chi connectivity index (χ0n) is 7.35. The molecule has 14 heavy (non-hydrogen) atoms. The molecule has 0 radical (unpaired) electrons. The topological polar surface area (TPSA) is 35.5 Å². The molecule has 0 saturated heterocycles. The van der Waals surface area contributed by atoms with Gasteiger partial charge in [-0.15, -0.1) is 0 Å². The highest BCUT2D eigenvalue weighted by atomic mass is 35.5. The predicted molar refractivity (Wildman–Crippen MR) is 52.8 cm³/mol. The lowest BCUT2D eigenvalue weighted by Crippen LogP contribution is -2.06. The van der Waals surface area contributed by atoms with E-state index in [1.54, 1.807) is 24.3 Å². The van der Waals surface area contributed by atoms with Crippen LogP contribution in [0.5, 0.6) is 0 Å². The van der Waals surface area contributed by atoms with Crippen molar-refractivity contribution in [3.63, 3.8) is 0 Å². The molecule has 1 aromatic rings. The molecule has 1 rings (SSSR count). The van der Waals surface area contributed by atoms with Crippen LogP contribution in [0.1, 0.15) is 11.1 Å². The van der Waals surface area contributed by atoms with Gasteiger partial charge in [0.15, 0.2) is 0 Å². The number of rotatable bonds is 3. The summed E-state index contributed by atoms with van der Waals surface area (Å²) in [5, 5.41) is 0. The summed E-state index contributed by atoms with van der Waals surface area (Å²) >= 11 is 5.78. The van der Waals surface area contributed by atoms with E-state index in [4.69, 9.17) is 16.3 Å². The Bertz CT molecular complexity index is 310. The summed E-state index contributed by atoms with van der Waals surface area (Å²) in [5.41, 5.74) is -0.154. The number of carbonyl (C=O) groups excluding carboxylic acids is 1. The first-order chi connectivity index (χ1) is 6.74. The minimum absolute atomic E-state index is 0.690. The van der Waals surface area contributed by atoms with Crippen molar-refractivity contribution in [1.82, 2.24) is 0 Å². The standard InChI is InChI=1S/C10H9ClO3/c1-2-13-10(12)14-9(11)8-6-4-3-5-7-8/h2-7,9H,1H2. The van der Waals surface area contributed by atoms with Crippen LogP contribution in [0.2, 0.25) is 0 Å². The van der Waals surface area contributed by atoms with Gasteiger partial charge in [0.2, 0.25) is 5.56 Å². The van der Waals surface area contributed by atoms with Crippen molar-refractivity contribution >= 4 is 17.8 Å². The first-order valence-electron chi connectivity index (χ1n) is 3.91. The quantitative estimate of drug-likeness (QED) is 0.438. The minimum atomic E-state index is -0.871. The molecule has 0 aliphatic heterocycles. The van der Waals surface area contributed by atoms with Crippen molar-refractivity contribution in [1.29, 1.82) is 0 Å². The third-order valence-electron chi connectivity index (χ3n) is 1.44. The Balaban J connectivity index is 2.54. The Morgan fingerprint density at radius 3 is 2.64 bits per heavy atom. The van der Waals surface area contributed by atoms with Crippen LogP contribution in [0, 0.1) is 0 Å². The van der Waals surface area contributed by atoms with E-state index in [9.17, 15) is 4.79 Å². The summed E-state index contributed by atoms with van der Waals surface area (Å²) in [6.45, 7) is 3.21.